The summed E-state index contributed by atoms with van der Waals surface area (Å²) in [6.45, 7) is 0. The minimum atomic E-state index is -0.186. The van der Waals surface area contributed by atoms with Crippen LogP contribution in [0.25, 0.3) is 10.9 Å². The molecule has 90 valence electrons. The van der Waals surface area contributed by atoms with Crippen molar-refractivity contribution >= 4 is 38.4 Å². The zero-order valence-electron chi connectivity index (χ0n) is 9.20. The van der Waals surface area contributed by atoms with Crippen LogP contribution in [-0.2, 0) is 0 Å². The number of fused-ring (bicyclic) bond motifs is 1. The second-order valence-corrected chi connectivity index (χ2v) is 4.74. The number of benzene rings is 1. The molecule has 1 amide bonds. The molecule has 0 radical (unpaired) electrons. The van der Waals surface area contributed by atoms with Crippen LogP contribution in [0.1, 0.15) is 10.5 Å². The molecule has 0 aliphatic heterocycles. The van der Waals surface area contributed by atoms with Crippen molar-refractivity contribution in [2.24, 2.45) is 0 Å². The maximum atomic E-state index is 12.0. The normalized spacial score (nSPS) is 10.7. The highest BCUT2D eigenvalue weighted by Gasteiger charge is 2.10. The van der Waals surface area contributed by atoms with Crippen molar-refractivity contribution in [3.8, 4) is 0 Å². The number of carbonyl (C=O) groups excluding carboxylic acids is 1. The Kier molecular flexibility index (Phi) is 2.64. The average Bonchev–Trinajstić information content (AvgIpc) is 2.97. The quantitative estimate of drug-likeness (QED) is 0.681. The van der Waals surface area contributed by atoms with Crippen LogP contribution in [0.2, 0.25) is 0 Å². The average molecular weight is 305 g/mol. The van der Waals surface area contributed by atoms with Crippen LogP contribution in [0.15, 0.2) is 41.1 Å². The lowest BCUT2D eigenvalue weighted by atomic mass is 10.2. The molecule has 0 spiro atoms. The lowest BCUT2D eigenvalue weighted by Gasteiger charge is -2.04. The summed E-state index contributed by atoms with van der Waals surface area (Å²) in [5, 5.41) is 10.6. The van der Waals surface area contributed by atoms with Crippen molar-refractivity contribution < 1.29 is 4.79 Å². The Hall–Kier alpha value is -2.08. The van der Waals surface area contributed by atoms with Gasteiger partial charge in [0.2, 0.25) is 0 Å². The molecule has 3 rings (SSSR count). The first-order valence-corrected chi connectivity index (χ1v) is 6.11. The lowest BCUT2D eigenvalue weighted by Crippen LogP contribution is -2.12. The molecule has 5 nitrogen and oxygen atoms in total. The van der Waals surface area contributed by atoms with Gasteiger partial charge in [0, 0.05) is 16.1 Å². The van der Waals surface area contributed by atoms with Gasteiger partial charge in [0.25, 0.3) is 5.91 Å². The van der Waals surface area contributed by atoms with Crippen LogP contribution in [0, 0.1) is 0 Å². The molecule has 0 saturated heterocycles. The predicted octanol–water partition coefficient (Wildman–Crippen LogP) is 2.91. The second kappa shape index (κ2) is 4.30. The number of aromatic amines is 2. The van der Waals surface area contributed by atoms with E-state index in [-0.39, 0.29) is 5.91 Å². The van der Waals surface area contributed by atoms with E-state index in [0.29, 0.717) is 5.69 Å². The topological polar surface area (TPSA) is 73.6 Å². The van der Waals surface area contributed by atoms with E-state index >= 15 is 0 Å². The van der Waals surface area contributed by atoms with Gasteiger partial charge in [0.15, 0.2) is 0 Å². The Bertz CT molecular complexity index is 716. The van der Waals surface area contributed by atoms with Crippen molar-refractivity contribution in [3.05, 3.63) is 46.8 Å². The van der Waals surface area contributed by atoms with Gasteiger partial charge in [-0.1, -0.05) is 6.07 Å². The van der Waals surface area contributed by atoms with Crippen molar-refractivity contribution in [1.29, 1.82) is 0 Å². The molecule has 0 aliphatic carbocycles. The number of H-pyrrole nitrogens is 2. The van der Waals surface area contributed by atoms with Gasteiger partial charge in [-0.3, -0.25) is 9.89 Å². The van der Waals surface area contributed by atoms with Crippen molar-refractivity contribution in [2.75, 3.05) is 5.32 Å². The Labute approximate surface area is 111 Å². The predicted molar refractivity (Wildman–Crippen MR) is 72.5 cm³/mol. The fraction of sp³-hybridized carbons (Fsp3) is 0. The van der Waals surface area contributed by atoms with Crippen LogP contribution < -0.4 is 5.32 Å². The Morgan fingerprint density at radius 2 is 2.28 bits per heavy atom. The van der Waals surface area contributed by atoms with Crippen molar-refractivity contribution in [2.45, 2.75) is 0 Å². The summed E-state index contributed by atoms with van der Waals surface area (Å²) < 4.78 is 0.842. The molecule has 3 N–H and O–H groups in total. The summed E-state index contributed by atoms with van der Waals surface area (Å²) >= 11 is 3.29. The summed E-state index contributed by atoms with van der Waals surface area (Å²) in [5.41, 5.74) is 2.12. The Balaban J connectivity index is 1.92. The number of rotatable bonds is 2. The van der Waals surface area contributed by atoms with Crippen LogP contribution >= 0.6 is 15.9 Å². The summed E-state index contributed by atoms with van der Waals surface area (Å²) in [6, 6.07) is 7.34. The Morgan fingerprint density at radius 3 is 3.06 bits per heavy atom. The highest BCUT2D eigenvalue weighted by Crippen LogP contribution is 2.21. The molecule has 0 aliphatic rings. The number of aromatic nitrogens is 3. The van der Waals surface area contributed by atoms with Crippen LogP contribution in [-0.4, -0.2) is 21.1 Å². The van der Waals surface area contributed by atoms with Gasteiger partial charge in [0.1, 0.15) is 5.69 Å². The molecule has 1 aromatic carbocycles. The summed E-state index contributed by atoms with van der Waals surface area (Å²) in [4.78, 5) is 14.9. The fourth-order valence-electron chi connectivity index (χ4n) is 1.77. The van der Waals surface area contributed by atoms with Gasteiger partial charge >= 0.3 is 0 Å². The monoisotopic (exact) mass is 304 g/mol. The van der Waals surface area contributed by atoms with Crippen molar-refractivity contribution in [3.63, 3.8) is 0 Å². The highest BCUT2D eigenvalue weighted by atomic mass is 79.9. The van der Waals surface area contributed by atoms with E-state index in [1.165, 1.54) is 0 Å². The first kappa shape index (κ1) is 11.0. The number of carbonyl (C=O) groups is 1. The maximum Gasteiger partial charge on any atom is 0.272 e. The Morgan fingerprint density at radius 1 is 1.39 bits per heavy atom. The molecule has 0 atom stereocenters. The molecular formula is C12H9BrN4O. The molecule has 0 unspecified atom stereocenters. The molecule has 6 heteroatoms. The number of hydrogen-bond donors (Lipinski definition) is 3. The van der Waals surface area contributed by atoms with Gasteiger partial charge in [-0.15, -0.1) is 0 Å². The number of amides is 1. The smallest absolute Gasteiger partial charge is 0.272 e. The standard InChI is InChI=1S/C12H9BrN4O/c13-7-4-11(14-5-7)12(18)16-9-2-1-3-10-8(9)6-15-17-10/h1-6,14H,(H,15,17)(H,16,18). The minimum absolute atomic E-state index is 0.186. The minimum Gasteiger partial charge on any atom is -0.356 e. The number of nitrogens with zero attached hydrogens (tertiary/aromatic N) is 1. The second-order valence-electron chi connectivity index (χ2n) is 3.82. The van der Waals surface area contributed by atoms with E-state index < -0.39 is 0 Å². The first-order chi connectivity index (χ1) is 8.74. The summed E-state index contributed by atoms with van der Waals surface area (Å²) in [5.74, 6) is -0.186. The molecule has 0 saturated carbocycles. The number of halogens is 1. The van der Waals surface area contributed by atoms with Crippen LogP contribution in [0.4, 0.5) is 5.69 Å². The highest BCUT2D eigenvalue weighted by molar-refractivity contribution is 9.10. The van der Waals surface area contributed by atoms with E-state index in [9.17, 15) is 4.79 Å². The van der Waals surface area contributed by atoms with Gasteiger partial charge in [-0.05, 0) is 34.1 Å². The third-order valence-corrected chi connectivity index (χ3v) is 3.08. The maximum absolute atomic E-state index is 12.0. The molecular weight excluding hydrogens is 296 g/mol. The fourth-order valence-corrected chi connectivity index (χ4v) is 2.11. The zero-order valence-corrected chi connectivity index (χ0v) is 10.8. The van der Waals surface area contributed by atoms with Gasteiger partial charge in [-0.25, -0.2) is 0 Å². The molecule has 18 heavy (non-hydrogen) atoms. The molecule has 3 aromatic rings. The number of hydrogen-bond acceptors (Lipinski definition) is 2. The van der Waals surface area contributed by atoms with E-state index in [4.69, 9.17) is 0 Å². The van der Waals surface area contributed by atoms with E-state index in [0.717, 1.165) is 21.1 Å². The molecule has 2 aromatic heterocycles. The SMILES string of the molecule is O=C(Nc1cccc2[nH]ncc12)c1cc(Br)c[nH]1. The van der Waals surface area contributed by atoms with Gasteiger partial charge in [0.05, 0.1) is 17.4 Å². The molecule has 2 heterocycles. The third kappa shape index (κ3) is 1.91. The molecule has 0 bridgehead atoms. The van der Waals surface area contributed by atoms with E-state index in [1.54, 1.807) is 18.5 Å². The van der Waals surface area contributed by atoms with Crippen molar-refractivity contribution in [1.82, 2.24) is 15.2 Å². The first-order valence-electron chi connectivity index (χ1n) is 5.31. The summed E-state index contributed by atoms with van der Waals surface area (Å²) in [7, 11) is 0. The van der Waals surface area contributed by atoms with Crippen LogP contribution in [0.5, 0.6) is 0 Å². The molecule has 0 fully saturated rings. The van der Waals surface area contributed by atoms with Gasteiger partial charge in [-0.2, -0.15) is 5.10 Å². The zero-order chi connectivity index (χ0) is 12.5. The summed E-state index contributed by atoms with van der Waals surface area (Å²) in [6.07, 6.45) is 3.41. The number of anilines is 1. The van der Waals surface area contributed by atoms with E-state index in [2.05, 4.69) is 36.4 Å². The van der Waals surface area contributed by atoms with Crippen LogP contribution in [0.3, 0.4) is 0 Å². The van der Waals surface area contributed by atoms with Gasteiger partial charge < -0.3 is 10.3 Å². The largest absolute Gasteiger partial charge is 0.356 e. The third-order valence-electron chi connectivity index (χ3n) is 2.63. The lowest BCUT2D eigenvalue weighted by molar-refractivity contribution is 0.102. The van der Waals surface area contributed by atoms with E-state index in [1.807, 2.05) is 18.2 Å². The number of nitrogens with one attached hydrogen (secondary N) is 3.